The van der Waals surface area contributed by atoms with Crippen molar-refractivity contribution in [2.45, 2.75) is 30.2 Å². The molecule has 0 radical (unpaired) electrons. The number of aliphatic carboxylic acids is 1. The van der Waals surface area contributed by atoms with Crippen LogP contribution in [0.2, 0.25) is 0 Å². The molecule has 7 heteroatoms. The molecule has 0 saturated heterocycles. The summed E-state index contributed by atoms with van der Waals surface area (Å²) in [6.07, 6.45) is -1.49. The first-order valence-electron chi connectivity index (χ1n) is 9.06. The van der Waals surface area contributed by atoms with Crippen molar-refractivity contribution in [3.8, 4) is 11.1 Å². The number of carboxylic acids is 1. The number of carbonyl (C=O) groups is 2. The van der Waals surface area contributed by atoms with Crippen molar-refractivity contribution in [2.24, 2.45) is 5.41 Å². The van der Waals surface area contributed by atoms with Gasteiger partial charge in [-0.3, -0.25) is 4.79 Å². The van der Waals surface area contributed by atoms with Crippen molar-refractivity contribution in [1.82, 2.24) is 5.32 Å². The number of carboxylic acid groups (broad SMARTS) is 1. The fraction of sp³-hybridized carbons (Fsp3) is 0.333. The first kappa shape index (κ1) is 17.2. The van der Waals surface area contributed by atoms with Gasteiger partial charge in [-0.2, -0.15) is 0 Å². The Kier molecular flexibility index (Phi) is 3.25. The van der Waals surface area contributed by atoms with E-state index in [1.54, 1.807) is 0 Å². The second kappa shape index (κ2) is 5.31. The van der Waals surface area contributed by atoms with E-state index < -0.39 is 28.9 Å². The highest BCUT2D eigenvalue weighted by Crippen LogP contribution is 2.76. The number of fused-ring (bicyclic) bond motifs is 3. The maximum atomic E-state index is 14.2. The maximum absolute atomic E-state index is 14.2. The largest absolute Gasteiger partial charge is 0.481 e. The molecule has 0 aliphatic heterocycles. The van der Waals surface area contributed by atoms with E-state index >= 15 is 0 Å². The molecule has 5 nitrogen and oxygen atoms in total. The predicted octanol–water partition coefficient (Wildman–Crippen LogP) is 3.78. The second-order valence-electron chi connectivity index (χ2n) is 7.85. The van der Waals surface area contributed by atoms with Gasteiger partial charge in [0.05, 0.1) is 0 Å². The summed E-state index contributed by atoms with van der Waals surface area (Å²) in [7, 11) is 0. The van der Waals surface area contributed by atoms with E-state index in [1.807, 2.05) is 48.5 Å². The normalized spacial score (nSPS) is 28.4. The zero-order valence-electron chi connectivity index (χ0n) is 14.7. The number of nitrogens with one attached hydrogen (secondary N) is 1. The molecule has 2 aromatic carbocycles. The van der Waals surface area contributed by atoms with E-state index in [1.165, 1.54) is 0 Å². The molecule has 3 fully saturated rings. The van der Waals surface area contributed by atoms with Crippen molar-refractivity contribution in [2.75, 3.05) is 6.61 Å². The van der Waals surface area contributed by atoms with Gasteiger partial charge in [-0.25, -0.2) is 13.6 Å². The quantitative estimate of drug-likeness (QED) is 0.840. The van der Waals surface area contributed by atoms with Crippen LogP contribution in [-0.2, 0) is 9.53 Å². The number of amides is 1. The Bertz CT molecular complexity index is 967. The Morgan fingerprint density at radius 2 is 1.57 bits per heavy atom. The third-order valence-corrected chi connectivity index (χ3v) is 6.50. The van der Waals surface area contributed by atoms with E-state index in [4.69, 9.17) is 9.84 Å². The number of carbonyl (C=O) groups excluding carboxylic acids is 1. The van der Waals surface area contributed by atoms with Crippen LogP contribution in [0.1, 0.15) is 29.9 Å². The number of hydrogen-bond acceptors (Lipinski definition) is 3. The number of alkyl halides is 2. The average molecular weight is 385 g/mol. The standard InChI is InChI=1S/C21H17F2NO4/c22-21(23)19(17(25)26)10-20(21,11-19)24-18(27)28-9-16-14-7-3-1-5-12(14)13-6-2-4-8-15(13)16/h1-8,16H,9-11H2,(H,24,27)(H,25,26). The summed E-state index contributed by atoms with van der Waals surface area (Å²) in [4.78, 5) is 23.3. The van der Waals surface area contributed by atoms with Crippen LogP contribution in [0.15, 0.2) is 48.5 Å². The molecule has 4 aliphatic rings. The lowest BCUT2D eigenvalue weighted by molar-refractivity contribution is -0.357. The van der Waals surface area contributed by atoms with Gasteiger partial charge in [0.15, 0.2) is 0 Å². The van der Waals surface area contributed by atoms with Crippen molar-refractivity contribution in [1.29, 1.82) is 0 Å². The monoisotopic (exact) mass is 385 g/mol. The summed E-state index contributed by atoms with van der Waals surface area (Å²) in [6, 6.07) is 15.6. The topological polar surface area (TPSA) is 75.6 Å². The van der Waals surface area contributed by atoms with Crippen LogP contribution in [0.3, 0.4) is 0 Å². The number of alkyl carbamates (subject to hydrolysis) is 1. The van der Waals surface area contributed by atoms with E-state index in [9.17, 15) is 18.4 Å². The fourth-order valence-electron chi connectivity index (χ4n) is 4.95. The van der Waals surface area contributed by atoms with Crippen LogP contribution in [0.4, 0.5) is 13.6 Å². The Morgan fingerprint density at radius 1 is 1.04 bits per heavy atom. The molecule has 0 atom stereocenters. The molecular weight excluding hydrogens is 368 g/mol. The lowest BCUT2D eigenvalue weighted by Gasteiger charge is -2.72. The molecule has 4 aliphatic carbocycles. The van der Waals surface area contributed by atoms with E-state index in [-0.39, 0.29) is 25.4 Å². The number of halogens is 2. The fourth-order valence-corrected chi connectivity index (χ4v) is 4.95. The first-order chi connectivity index (χ1) is 13.3. The number of benzene rings is 2. The van der Waals surface area contributed by atoms with E-state index in [2.05, 4.69) is 5.32 Å². The highest BCUT2D eigenvalue weighted by molar-refractivity contribution is 5.85. The van der Waals surface area contributed by atoms with Gasteiger partial charge in [-0.15, -0.1) is 0 Å². The highest BCUT2D eigenvalue weighted by atomic mass is 19.3. The lowest BCUT2D eigenvalue weighted by Crippen LogP contribution is -2.91. The van der Waals surface area contributed by atoms with Crippen LogP contribution < -0.4 is 5.32 Å². The first-order valence-corrected chi connectivity index (χ1v) is 9.06. The number of rotatable bonds is 4. The number of ether oxygens (including phenoxy) is 1. The van der Waals surface area contributed by atoms with Gasteiger partial charge in [0, 0.05) is 5.92 Å². The van der Waals surface area contributed by atoms with Gasteiger partial charge in [0.25, 0.3) is 5.92 Å². The molecular formula is C21H17F2NO4. The number of hydrogen-bond donors (Lipinski definition) is 2. The molecule has 3 saturated carbocycles. The van der Waals surface area contributed by atoms with Crippen LogP contribution in [0.25, 0.3) is 11.1 Å². The average Bonchev–Trinajstić information content (AvgIpc) is 2.96. The Hall–Kier alpha value is -2.96. The van der Waals surface area contributed by atoms with Gasteiger partial charge in [0.2, 0.25) is 0 Å². The van der Waals surface area contributed by atoms with Crippen LogP contribution in [0.5, 0.6) is 0 Å². The molecule has 28 heavy (non-hydrogen) atoms. The highest BCUT2D eigenvalue weighted by Gasteiger charge is 2.92. The lowest BCUT2D eigenvalue weighted by atomic mass is 9.36. The molecule has 6 rings (SSSR count). The molecule has 2 bridgehead atoms. The Labute approximate surface area is 159 Å². The molecule has 144 valence electrons. The minimum absolute atomic E-state index is 0.0194. The van der Waals surface area contributed by atoms with Gasteiger partial charge < -0.3 is 15.2 Å². The molecule has 0 aromatic heterocycles. The third-order valence-electron chi connectivity index (χ3n) is 6.50. The van der Waals surface area contributed by atoms with Crippen LogP contribution in [0, 0.1) is 5.41 Å². The Balaban J connectivity index is 1.29. The Morgan fingerprint density at radius 3 is 2.07 bits per heavy atom. The SMILES string of the molecule is O=C(NC12CC(C(=O)O)(C1)C2(F)F)OCC1c2ccccc2-c2ccccc21. The summed E-state index contributed by atoms with van der Waals surface area (Å²) < 4.78 is 33.7. The second-order valence-corrected chi connectivity index (χ2v) is 7.85. The molecule has 0 unspecified atom stereocenters. The smallest absolute Gasteiger partial charge is 0.407 e. The summed E-state index contributed by atoms with van der Waals surface area (Å²) in [6.45, 7) is 0.0194. The summed E-state index contributed by atoms with van der Waals surface area (Å²) in [5, 5.41) is 11.2. The van der Waals surface area contributed by atoms with Crippen molar-refractivity contribution < 1.29 is 28.2 Å². The van der Waals surface area contributed by atoms with Gasteiger partial charge in [0.1, 0.15) is 17.6 Å². The van der Waals surface area contributed by atoms with Crippen LogP contribution >= 0.6 is 0 Å². The van der Waals surface area contributed by atoms with E-state index in [0.717, 1.165) is 22.3 Å². The maximum Gasteiger partial charge on any atom is 0.407 e. The molecule has 2 N–H and O–H groups in total. The third kappa shape index (κ3) is 1.89. The van der Waals surface area contributed by atoms with Gasteiger partial charge in [-0.05, 0) is 35.1 Å². The minimum Gasteiger partial charge on any atom is -0.481 e. The van der Waals surface area contributed by atoms with Crippen molar-refractivity contribution >= 4 is 12.1 Å². The molecule has 0 spiro atoms. The predicted molar refractivity (Wildman–Crippen MR) is 95.2 cm³/mol. The van der Waals surface area contributed by atoms with E-state index in [0.29, 0.717) is 0 Å². The van der Waals surface area contributed by atoms with Gasteiger partial charge >= 0.3 is 12.1 Å². The minimum atomic E-state index is -3.46. The van der Waals surface area contributed by atoms with Gasteiger partial charge in [-0.1, -0.05) is 48.5 Å². The molecule has 0 heterocycles. The molecule has 2 aromatic rings. The summed E-state index contributed by atoms with van der Waals surface area (Å²) >= 11 is 0. The zero-order chi connectivity index (χ0) is 19.7. The van der Waals surface area contributed by atoms with Crippen molar-refractivity contribution in [3.05, 3.63) is 59.7 Å². The van der Waals surface area contributed by atoms with Crippen molar-refractivity contribution in [3.63, 3.8) is 0 Å². The van der Waals surface area contributed by atoms with Crippen LogP contribution in [-0.4, -0.2) is 35.2 Å². The molecule has 1 amide bonds. The zero-order valence-corrected chi connectivity index (χ0v) is 14.7. The summed E-state index contributed by atoms with van der Waals surface area (Å²) in [5.41, 5.74) is 0.356. The summed E-state index contributed by atoms with van der Waals surface area (Å²) in [5.74, 6) is -5.15.